The van der Waals surface area contributed by atoms with Crippen molar-refractivity contribution in [3.05, 3.63) is 35.4 Å². The van der Waals surface area contributed by atoms with Crippen LogP contribution in [0.2, 0.25) is 0 Å². The molecule has 0 aromatic heterocycles. The van der Waals surface area contributed by atoms with Crippen molar-refractivity contribution in [3.8, 4) is 0 Å². The van der Waals surface area contributed by atoms with Crippen LogP contribution in [-0.4, -0.2) is 42.0 Å². The number of rotatable bonds is 3. The summed E-state index contributed by atoms with van der Waals surface area (Å²) in [5, 5.41) is 6.06. The van der Waals surface area contributed by atoms with Gasteiger partial charge in [0.05, 0.1) is 0 Å². The summed E-state index contributed by atoms with van der Waals surface area (Å²) >= 11 is 0. The molecule has 1 saturated heterocycles. The number of urea groups is 1. The number of nitrogens with one attached hydrogen (secondary N) is 2. The topological polar surface area (TPSA) is 61.4 Å². The second-order valence-electron chi connectivity index (χ2n) is 9.65. The zero-order valence-electron chi connectivity index (χ0n) is 17.7. The maximum Gasteiger partial charge on any atom is 0.317 e. The van der Waals surface area contributed by atoms with Gasteiger partial charge in [0.25, 0.3) is 5.91 Å². The van der Waals surface area contributed by atoms with Gasteiger partial charge < -0.3 is 15.5 Å². The fraction of sp³-hybridized carbons (Fsp3) is 0.636. The molecule has 5 heteroatoms. The number of benzene rings is 1. The van der Waals surface area contributed by atoms with Crippen LogP contribution in [0.25, 0.3) is 0 Å². The molecule has 0 radical (unpaired) electrons. The van der Waals surface area contributed by atoms with Gasteiger partial charge in [0.2, 0.25) is 0 Å². The molecule has 3 amide bonds. The van der Waals surface area contributed by atoms with E-state index in [1.165, 1.54) is 5.56 Å². The Balaban J connectivity index is 1.78. The first-order valence-electron chi connectivity index (χ1n) is 9.91. The molecule has 0 aliphatic carbocycles. The third kappa shape index (κ3) is 6.56. The van der Waals surface area contributed by atoms with E-state index in [4.69, 9.17) is 0 Å². The van der Waals surface area contributed by atoms with Crippen LogP contribution >= 0.6 is 0 Å². The molecule has 0 saturated carbocycles. The van der Waals surface area contributed by atoms with Gasteiger partial charge in [-0.05, 0) is 62.6 Å². The highest BCUT2D eigenvalue weighted by molar-refractivity contribution is 5.94. The van der Waals surface area contributed by atoms with Gasteiger partial charge in [-0.15, -0.1) is 0 Å². The summed E-state index contributed by atoms with van der Waals surface area (Å²) < 4.78 is 0. The van der Waals surface area contributed by atoms with Crippen molar-refractivity contribution in [3.63, 3.8) is 0 Å². The first kappa shape index (κ1) is 21.3. The number of likely N-dealkylation sites (tertiary alicyclic amines) is 1. The molecule has 0 spiro atoms. The second-order valence-corrected chi connectivity index (χ2v) is 9.65. The molecule has 2 N–H and O–H groups in total. The van der Waals surface area contributed by atoms with E-state index in [9.17, 15) is 9.59 Å². The minimum absolute atomic E-state index is 0.00363. The van der Waals surface area contributed by atoms with Gasteiger partial charge in [0.15, 0.2) is 0 Å². The first-order valence-corrected chi connectivity index (χ1v) is 9.91. The van der Waals surface area contributed by atoms with Crippen molar-refractivity contribution in [1.82, 2.24) is 15.5 Å². The standard InChI is InChI=1S/C22H35N3O2/c1-21(2,3)18-9-7-17(8-10-18)19(26)23-15-16-11-13-25(14-12-16)20(27)24-22(4,5)6/h7-10,16H,11-15H2,1-6H3,(H,23,26)(H,24,27). The minimum atomic E-state index is -0.218. The summed E-state index contributed by atoms with van der Waals surface area (Å²) in [5.41, 5.74) is 1.79. The van der Waals surface area contributed by atoms with E-state index in [1.54, 1.807) is 0 Å². The third-order valence-electron chi connectivity index (χ3n) is 4.95. The van der Waals surface area contributed by atoms with Crippen molar-refractivity contribution < 1.29 is 9.59 Å². The molecule has 5 nitrogen and oxygen atoms in total. The van der Waals surface area contributed by atoms with E-state index in [2.05, 4.69) is 31.4 Å². The van der Waals surface area contributed by atoms with Crippen LogP contribution in [0.15, 0.2) is 24.3 Å². The van der Waals surface area contributed by atoms with E-state index in [1.807, 2.05) is 49.9 Å². The maximum atomic E-state index is 12.4. The fourth-order valence-electron chi connectivity index (χ4n) is 3.20. The molecule has 1 aliphatic rings. The van der Waals surface area contributed by atoms with Crippen molar-refractivity contribution in [1.29, 1.82) is 0 Å². The highest BCUT2D eigenvalue weighted by atomic mass is 16.2. The van der Waals surface area contributed by atoms with Gasteiger partial charge in [0.1, 0.15) is 0 Å². The van der Waals surface area contributed by atoms with Crippen molar-refractivity contribution in [2.24, 2.45) is 5.92 Å². The average Bonchev–Trinajstić information content (AvgIpc) is 2.58. The van der Waals surface area contributed by atoms with Gasteiger partial charge in [-0.1, -0.05) is 32.9 Å². The third-order valence-corrected chi connectivity index (χ3v) is 4.95. The monoisotopic (exact) mass is 373 g/mol. The molecule has 0 unspecified atom stereocenters. The van der Waals surface area contributed by atoms with Crippen LogP contribution in [0.3, 0.4) is 0 Å². The number of carbonyl (C=O) groups excluding carboxylic acids is 2. The lowest BCUT2D eigenvalue weighted by atomic mass is 9.86. The number of carbonyl (C=O) groups is 2. The molecule has 0 atom stereocenters. The van der Waals surface area contributed by atoms with Gasteiger partial charge in [-0.2, -0.15) is 0 Å². The molecule has 1 aliphatic heterocycles. The Morgan fingerprint density at radius 1 is 1.00 bits per heavy atom. The maximum absolute atomic E-state index is 12.4. The Labute approximate surface area is 163 Å². The average molecular weight is 374 g/mol. The smallest absolute Gasteiger partial charge is 0.317 e. The summed E-state index contributed by atoms with van der Waals surface area (Å²) in [6.07, 6.45) is 1.83. The Morgan fingerprint density at radius 2 is 1.56 bits per heavy atom. The lowest BCUT2D eigenvalue weighted by Crippen LogP contribution is -2.51. The summed E-state index contributed by atoms with van der Waals surface area (Å²) in [6.45, 7) is 14.6. The quantitative estimate of drug-likeness (QED) is 0.843. The largest absolute Gasteiger partial charge is 0.352 e. The van der Waals surface area contributed by atoms with Crippen molar-refractivity contribution >= 4 is 11.9 Å². The predicted octanol–water partition coefficient (Wildman–Crippen LogP) is 3.93. The van der Waals surface area contributed by atoms with E-state index >= 15 is 0 Å². The number of amides is 3. The number of nitrogens with zero attached hydrogens (tertiary/aromatic N) is 1. The van der Waals surface area contributed by atoms with Crippen molar-refractivity contribution in [2.45, 2.75) is 65.3 Å². The van der Waals surface area contributed by atoms with Gasteiger partial charge in [0, 0.05) is 30.7 Å². The zero-order chi connectivity index (χ0) is 20.2. The van der Waals surface area contributed by atoms with E-state index < -0.39 is 0 Å². The zero-order valence-corrected chi connectivity index (χ0v) is 17.7. The van der Waals surface area contributed by atoms with Crippen LogP contribution in [0, 0.1) is 5.92 Å². The molecule has 1 aromatic rings. The van der Waals surface area contributed by atoms with E-state index in [0.29, 0.717) is 18.0 Å². The summed E-state index contributed by atoms with van der Waals surface area (Å²) in [6, 6.07) is 7.86. The molecule has 0 bridgehead atoms. The van der Waals surface area contributed by atoms with Crippen LogP contribution in [-0.2, 0) is 5.41 Å². The molecule has 27 heavy (non-hydrogen) atoms. The molecule has 1 fully saturated rings. The molecule has 1 heterocycles. The Hall–Kier alpha value is -2.04. The summed E-state index contributed by atoms with van der Waals surface area (Å²) in [4.78, 5) is 26.5. The molecule has 2 rings (SSSR count). The first-order chi connectivity index (χ1) is 12.5. The highest BCUT2D eigenvalue weighted by Crippen LogP contribution is 2.22. The number of hydrogen-bond donors (Lipinski definition) is 2. The minimum Gasteiger partial charge on any atom is -0.352 e. The molecule has 1 aromatic carbocycles. The SMILES string of the molecule is CC(C)(C)NC(=O)N1CCC(CNC(=O)c2ccc(C(C)(C)C)cc2)CC1. The molecular formula is C22H35N3O2. The molecular weight excluding hydrogens is 338 g/mol. The van der Waals surface area contributed by atoms with Crippen molar-refractivity contribution in [2.75, 3.05) is 19.6 Å². The van der Waals surface area contributed by atoms with Crippen LogP contribution in [0.1, 0.15) is 70.3 Å². The number of piperidine rings is 1. The Kier molecular flexibility index (Phi) is 6.55. The number of hydrogen-bond acceptors (Lipinski definition) is 2. The van der Waals surface area contributed by atoms with Crippen LogP contribution < -0.4 is 10.6 Å². The predicted molar refractivity (Wildman–Crippen MR) is 110 cm³/mol. The lowest BCUT2D eigenvalue weighted by molar-refractivity contribution is 0.0937. The van der Waals surface area contributed by atoms with Gasteiger partial charge in [-0.25, -0.2) is 4.79 Å². The van der Waals surface area contributed by atoms with Crippen LogP contribution in [0.5, 0.6) is 0 Å². The van der Waals surface area contributed by atoms with Crippen LogP contribution in [0.4, 0.5) is 4.79 Å². The summed E-state index contributed by atoms with van der Waals surface area (Å²) in [7, 11) is 0. The molecule has 150 valence electrons. The lowest BCUT2D eigenvalue weighted by Gasteiger charge is -2.34. The van der Waals surface area contributed by atoms with E-state index in [0.717, 1.165) is 25.9 Å². The second kappa shape index (κ2) is 8.32. The Morgan fingerprint density at radius 3 is 2.04 bits per heavy atom. The summed E-state index contributed by atoms with van der Waals surface area (Å²) in [5.74, 6) is 0.393. The normalized spacial score (nSPS) is 16.1. The Bertz CT molecular complexity index is 646. The van der Waals surface area contributed by atoms with Gasteiger partial charge in [-0.3, -0.25) is 4.79 Å². The fourth-order valence-corrected chi connectivity index (χ4v) is 3.20. The van der Waals surface area contributed by atoms with Gasteiger partial charge >= 0.3 is 6.03 Å². The van der Waals surface area contributed by atoms with E-state index in [-0.39, 0.29) is 22.9 Å². The highest BCUT2D eigenvalue weighted by Gasteiger charge is 2.25.